The van der Waals surface area contributed by atoms with Gasteiger partial charge in [-0.15, -0.1) is 0 Å². The number of ether oxygens (including phenoxy) is 1. The smallest absolute Gasteiger partial charge is 0.251 e. The van der Waals surface area contributed by atoms with Gasteiger partial charge in [-0.05, 0) is 40.0 Å². The van der Waals surface area contributed by atoms with Crippen LogP contribution in [-0.4, -0.2) is 59.0 Å². The molecule has 2 atom stereocenters. The molecule has 1 aromatic heterocycles. The van der Waals surface area contributed by atoms with Gasteiger partial charge in [-0.2, -0.15) is 0 Å². The fourth-order valence-corrected chi connectivity index (χ4v) is 3.77. The SMILES string of the molecule is CCNC(=O)Cc1c(C)nc([C@@H]2CCN(C(=O)[C@@H]3CCCO3)C2)nc1C. The first kappa shape index (κ1) is 18.8. The van der Waals surface area contributed by atoms with E-state index in [0.29, 0.717) is 26.1 Å². The molecule has 0 aliphatic carbocycles. The fraction of sp³-hybridized carbons (Fsp3) is 0.684. The average Bonchev–Trinajstić information content (AvgIpc) is 3.29. The predicted octanol–water partition coefficient (Wildman–Crippen LogP) is 1.27. The van der Waals surface area contributed by atoms with Gasteiger partial charge in [0.25, 0.3) is 5.91 Å². The summed E-state index contributed by atoms with van der Waals surface area (Å²) in [6, 6.07) is 0. The van der Waals surface area contributed by atoms with Gasteiger partial charge in [0.1, 0.15) is 11.9 Å². The van der Waals surface area contributed by atoms with E-state index < -0.39 is 0 Å². The first-order valence-corrected chi connectivity index (χ1v) is 9.50. The van der Waals surface area contributed by atoms with Gasteiger partial charge < -0.3 is 15.0 Å². The van der Waals surface area contributed by atoms with Crippen LogP contribution in [0.1, 0.15) is 54.9 Å². The van der Waals surface area contributed by atoms with Crippen LogP contribution in [0.3, 0.4) is 0 Å². The van der Waals surface area contributed by atoms with E-state index in [-0.39, 0.29) is 23.8 Å². The Hall–Kier alpha value is -2.02. The van der Waals surface area contributed by atoms with Crippen LogP contribution in [0.4, 0.5) is 0 Å². The average molecular weight is 360 g/mol. The molecule has 142 valence electrons. The van der Waals surface area contributed by atoms with Crippen LogP contribution in [0.5, 0.6) is 0 Å². The number of hydrogen-bond donors (Lipinski definition) is 1. The van der Waals surface area contributed by atoms with Crippen molar-refractivity contribution in [1.82, 2.24) is 20.2 Å². The summed E-state index contributed by atoms with van der Waals surface area (Å²) in [6.45, 7) is 8.43. The Morgan fingerprint density at radius 2 is 1.96 bits per heavy atom. The minimum Gasteiger partial charge on any atom is -0.368 e. The van der Waals surface area contributed by atoms with Crippen LogP contribution in [0.25, 0.3) is 0 Å². The molecule has 2 amide bonds. The van der Waals surface area contributed by atoms with E-state index in [2.05, 4.69) is 15.3 Å². The Balaban J connectivity index is 1.68. The van der Waals surface area contributed by atoms with Crippen LogP contribution in [-0.2, 0) is 20.7 Å². The van der Waals surface area contributed by atoms with Gasteiger partial charge in [0.15, 0.2) is 0 Å². The summed E-state index contributed by atoms with van der Waals surface area (Å²) in [6.07, 6.45) is 2.69. The molecule has 2 fully saturated rings. The van der Waals surface area contributed by atoms with E-state index in [1.807, 2.05) is 25.7 Å². The Kier molecular flexibility index (Phi) is 5.86. The molecule has 1 aromatic rings. The summed E-state index contributed by atoms with van der Waals surface area (Å²) in [5.41, 5.74) is 2.59. The van der Waals surface area contributed by atoms with Crippen LogP contribution in [0, 0.1) is 13.8 Å². The third-order valence-corrected chi connectivity index (χ3v) is 5.22. The van der Waals surface area contributed by atoms with Crippen molar-refractivity contribution < 1.29 is 14.3 Å². The van der Waals surface area contributed by atoms with Crippen molar-refractivity contribution in [3.63, 3.8) is 0 Å². The number of carbonyl (C=O) groups is 2. The van der Waals surface area contributed by atoms with Crippen molar-refractivity contribution >= 4 is 11.8 Å². The molecule has 0 radical (unpaired) electrons. The van der Waals surface area contributed by atoms with Crippen molar-refractivity contribution in [3.8, 4) is 0 Å². The largest absolute Gasteiger partial charge is 0.368 e. The molecule has 3 rings (SSSR count). The van der Waals surface area contributed by atoms with E-state index in [1.54, 1.807) is 0 Å². The first-order valence-electron chi connectivity index (χ1n) is 9.50. The maximum atomic E-state index is 12.5. The van der Waals surface area contributed by atoms with Crippen molar-refractivity contribution in [1.29, 1.82) is 0 Å². The molecule has 0 saturated carbocycles. The Morgan fingerprint density at radius 3 is 2.58 bits per heavy atom. The number of amides is 2. The normalized spacial score (nSPS) is 22.7. The number of likely N-dealkylation sites (N-methyl/N-ethyl adjacent to an activating group) is 1. The summed E-state index contributed by atoms with van der Waals surface area (Å²) in [7, 11) is 0. The van der Waals surface area contributed by atoms with Crippen molar-refractivity contribution in [2.24, 2.45) is 0 Å². The molecule has 0 unspecified atom stereocenters. The highest BCUT2D eigenvalue weighted by Gasteiger charge is 2.34. The van der Waals surface area contributed by atoms with E-state index in [0.717, 1.165) is 48.6 Å². The lowest BCUT2D eigenvalue weighted by Crippen LogP contribution is -2.37. The highest BCUT2D eigenvalue weighted by molar-refractivity contribution is 5.81. The predicted molar refractivity (Wildman–Crippen MR) is 96.8 cm³/mol. The zero-order valence-corrected chi connectivity index (χ0v) is 15.9. The monoisotopic (exact) mass is 360 g/mol. The second-order valence-corrected chi connectivity index (χ2v) is 7.13. The molecular weight excluding hydrogens is 332 g/mol. The lowest BCUT2D eigenvalue weighted by atomic mass is 10.0. The number of likely N-dealkylation sites (tertiary alicyclic amines) is 1. The highest BCUT2D eigenvalue weighted by atomic mass is 16.5. The van der Waals surface area contributed by atoms with E-state index in [4.69, 9.17) is 4.74 Å². The molecule has 2 aliphatic rings. The van der Waals surface area contributed by atoms with Crippen LogP contribution >= 0.6 is 0 Å². The quantitative estimate of drug-likeness (QED) is 0.855. The second-order valence-electron chi connectivity index (χ2n) is 7.13. The summed E-state index contributed by atoms with van der Waals surface area (Å²) in [5.74, 6) is 1.02. The number of nitrogens with one attached hydrogen (secondary N) is 1. The Bertz CT molecular complexity index is 662. The van der Waals surface area contributed by atoms with Gasteiger partial charge in [-0.25, -0.2) is 9.97 Å². The maximum Gasteiger partial charge on any atom is 0.251 e. The summed E-state index contributed by atoms with van der Waals surface area (Å²) in [5, 5.41) is 2.81. The summed E-state index contributed by atoms with van der Waals surface area (Å²) >= 11 is 0. The highest BCUT2D eigenvalue weighted by Crippen LogP contribution is 2.28. The molecule has 2 aliphatic heterocycles. The number of carbonyl (C=O) groups excluding carboxylic acids is 2. The van der Waals surface area contributed by atoms with Gasteiger partial charge >= 0.3 is 0 Å². The molecule has 7 nitrogen and oxygen atoms in total. The van der Waals surface area contributed by atoms with E-state index in [1.165, 1.54) is 0 Å². The van der Waals surface area contributed by atoms with Gasteiger partial charge in [0.2, 0.25) is 5.91 Å². The Morgan fingerprint density at radius 1 is 1.23 bits per heavy atom. The van der Waals surface area contributed by atoms with Crippen LogP contribution < -0.4 is 5.32 Å². The molecule has 26 heavy (non-hydrogen) atoms. The molecule has 2 saturated heterocycles. The molecule has 3 heterocycles. The molecular formula is C19H28N4O3. The summed E-state index contributed by atoms with van der Waals surface area (Å²) < 4.78 is 5.52. The number of nitrogens with zero attached hydrogens (tertiary/aromatic N) is 3. The number of hydrogen-bond acceptors (Lipinski definition) is 5. The number of aromatic nitrogens is 2. The zero-order valence-electron chi connectivity index (χ0n) is 15.9. The standard InChI is InChI=1S/C19H28N4O3/c1-4-20-17(24)10-15-12(2)21-18(22-13(15)3)14-7-8-23(11-14)19(25)16-6-5-9-26-16/h14,16H,4-11H2,1-3H3,(H,20,24)/t14-,16+/m1/s1. The number of rotatable bonds is 5. The topological polar surface area (TPSA) is 84.4 Å². The third-order valence-electron chi connectivity index (χ3n) is 5.22. The molecule has 0 aromatic carbocycles. The van der Waals surface area contributed by atoms with Gasteiger partial charge in [0, 0.05) is 49.1 Å². The molecule has 7 heteroatoms. The van der Waals surface area contributed by atoms with Crippen LogP contribution in [0.2, 0.25) is 0 Å². The fourth-order valence-electron chi connectivity index (χ4n) is 3.77. The minimum absolute atomic E-state index is 0.00995. The zero-order chi connectivity index (χ0) is 18.7. The third kappa shape index (κ3) is 4.03. The molecule has 1 N–H and O–H groups in total. The molecule has 0 bridgehead atoms. The maximum absolute atomic E-state index is 12.5. The summed E-state index contributed by atoms with van der Waals surface area (Å²) in [4.78, 5) is 35.6. The van der Waals surface area contributed by atoms with Crippen molar-refractivity contribution in [3.05, 3.63) is 22.8 Å². The second kappa shape index (κ2) is 8.12. The van der Waals surface area contributed by atoms with Crippen molar-refractivity contribution in [2.45, 2.75) is 58.5 Å². The Labute approximate surface area is 154 Å². The van der Waals surface area contributed by atoms with E-state index in [9.17, 15) is 9.59 Å². The lowest BCUT2D eigenvalue weighted by Gasteiger charge is -2.20. The van der Waals surface area contributed by atoms with Crippen LogP contribution in [0.15, 0.2) is 0 Å². The molecule has 0 spiro atoms. The van der Waals surface area contributed by atoms with Gasteiger partial charge in [0.05, 0.1) is 6.42 Å². The van der Waals surface area contributed by atoms with Gasteiger partial charge in [-0.1, -0.05) is 0 Å². The first-order chi connectivity index (χ1) is 12.5. The number of aryl methyl sites for hydroxylation is 2. The van der Waals surface area contributed by atoms with Gasteiger partial charge in [-0.3, -0.25) is 9.59 Å². The van der Waals surface area contributed by atoms with E-state index >= 15 is 0 Å². The van der Waals surface area contributed by atoms with Crippen molar-refractivity contribution in [2.75, 3.05) is 26.2 Å². The lowest BCUT2D eigenvalue weighted by molar-refractivity contribution is -0.139. The minimum atomic E-state index is -0.266.